The van der Waals surface area contributed by atoms with Crippen LogP contribution in [0.5, 0.6) is 0 Å². The van der Waals surface area contributed by atoms with Crippen molar-refractivity contribution in [2.75, 3.05) is 24.5 Å². The molecule has 2 heterocycles. The van der Waals surface area contributed by atoms with Crippen molar-refractivity contribution >= 4 is 29.3 Å². The smallest absolute Gasteiger partial charge is 0.335 e. The first-order valence-corrected chi connectivity index (χ1v) is 7.24. The Hall–Kier alpha value is -1.82. The maximum absolute atomic E-state index is 11.0. The van der Waals surface area contributed by atoms with E-state index in [1.54, 1.807) is 6.07 Å². The molecule has 2 rings (SSSR count). The van der Waals surface area contributed by atoms with E-state index < -0.39 is 5.97 Å². The van der Waals surface area contributed by atoms with E-state index in [4.69, 9.17) is 16.7 Å². The van der Waals surface area contributed by atoms with Crippen LogP contribution in [0.25, 0.3) is 0 Å². The van der Waals surface area contributed by atoms with Gasteiger partial charge in [0.15, 0.2) is 0 Å². The van der Waals surface area contributed by atoms with Gasteiger partial charge in [0.05, 0.1) is 5.56 Å². The molecule has 0 aliphatic carbocycles. The highest BCUT2D eigenvalue weighted by Gasteiger charge is 2.21. The summed E-state index contributed by atoms with van der Waals surface area (Å²) in [5.74, 6) is 0.0160. The number of hydrogen-bond donors (Lipinski definition) is 2. The number of carboxylic acid groups (broad SMARTS) is 1. The van der Waals surface area contributed by atoms with Crippen molar-refractivity contribution in [3.8, 4) is 0 Å². The van der Waals surface area contributed by atoms with Gasteiger partial charge >= 0.3 is 5.97 Å². The van der Waals surface area contributed by atoms with Crippen LogP contribution in [-0.2, 0) is 4.79 Å². The number of carbonyl (C=O) groups is 2. The van der Waals surface area contributed by atoms with Crippen LogP contribution in [0.2, 0.25) is 5.15 Å². The molecule has 1 aliphatic rings. The van der Waals surface area contributed by atoms with E-state index in [9.17, 15) is 9.59 Å². The first-order chi connectivity index (χ1) is 9.95. The van der Waals surface area contributed by atoms with Crippen LogP contribution >= 0.6 is 11.6 Å². The molecule has 2 N–H and O–H groups in total. The predicted octanol–water partition coefficient (Wildman–Crippen LogP) is 1.79. The molecule has 1 fully saturated rings. The molecule has 1 amide bonds. The van der Waals surface area contributed by atoms with Crippen LogP contribution in [0.3, 0.4) is 0 Å². The minimum atomic E-state index is -1.01. The van der Waals surface area contributed by atoms with Crippen molar-refractivity contribution in [1.29, 1.82) is 0 Å². The van der Waals surface area contributed by atoms with Gasteiger partial charge in [-0.15, -0.1) is 0 Å². The molecule has 21 heavy (non-hydrogen) atoms. The lowest BCUT2D eigenvalue weighted by molar-refractivity contribution is -0.119. The van der Waals surface area contributed by atoms with Gasteiger partial charge in [-0.2, -0.15) is 0 Å². The van der Waals surface area contributed by atoms with Crippen molar-refractivity contribution in [3.63, 3.8) is 0 Å². The van der Waals surface area contributed by atoms with Gasteiger partial charge in [0.25, 0.3) is 0 Å². The van der Waals surface area contributed by atoms with Gasteiger partial charge in [0.2, 0.25) is 5.91 Å². The molecule has 1 aromatic heterocycles. The number of anilines is 1. The summed E-state index contributed by atoms with van der Waals surface area (Å²) >= 11 is 5.88. The third-order valence-electron chi connectivity index (χ3n) is 3.61. The molecule has 0 radical (unpaired) electrons. The fourth-order valence-electron chi connectivity index (χ4n) is 2.42. The average Bonchev–Trinajstić information content (AvgIpc) is 2.45. The number of hydrogen-bond acceptors (Lipinski definition) is 4. The Morgan fingerprint density at radius 1 is 1.43 bits per heavy atom. The molecule has 1 aromatic rings. The molecule has 6 nitrogen and oxygen atoms in total. The first kappa shape index (κ1) is 15.6. The normalized spacial score (nSPS) is 15.8. The lowest BCUT2D eigenvalue weighted by Gasteiger charge is -2.33. The van der Waals surface area contributed by atoms with Crippen molar-refractivity contribution in [2.45, 2.75) is 19.8 Å². The summed E-state index contributed by atoms with van der Waals surface area (Å²) < 4.78 is 0. The molecule has 1 aliphatic heterocycles. The summed E-state index contributed by atoms with van der Waals surface area (Å²) in [5.41, 5.74) is 0.144. The van der Waals surface area contributed by atoms with Crippen LogP contribution < -0.4 is 10.2 Å². The molecular formula is C14H18ClN3O3. The molecular weight excluding hydrogens is 294 g/mol. The third-order valence-corrected chi connectivity index (χ3v) is 3.80. The second-order valence-electron chi connectivity index (χ2n) is 5.21. The van der Waals surface area contributed by atoms with Crippen molar-refractivity contribution in [3.05, 3.63) is 22.8 Å². The Morgan fingerprint density at radius 3 is 2.67 bits per heavy atom. The van der Waals surface area contributed by atoms with E-state index in [-0.39, 0.29) is 16.6 Å². The summed E-state index contributed by atoms with van der Waals surface area (Å²) in [6.45, 7) is 3.75. The first-order valence-electron chi connectivity index (χ1n) is 6.86. The largest absolute Gasteiger partial charge is 0.478 e. The van der Waals surface area contributed by atoms with E-state index >= 15 is 0 Å². The Balaban J connectivity index is 1.99. The Kier molecular flexibility index (Phi) is 5.01. The fourth-order valence-corrected chi connectivity index (χ4v) is 2.63. The minimum Gasteiger partial charge on any atom is -0.478 e. The number of amides is 1. The lowest BCUT2D eigenvalue weighted by atomic mass is 9.96. The molecule has 0 bridgehead atoms. The zero-order valence-electron chi connectivity index (χ0n) is 11.8. The van der Waals surface area contributed by atoms with Crippen molar-refractivity contribution in [1.82, 2.24) is 10.3 Å². The van der Waals surface area contributed by atoms with Crippen LogP contribution in [0.15, 0.2) is 12.1 Å². The molecule has 0 saturated carbocycles. The van der Waals surface area contributed by atoms with Gasteiger partial charge in [0.1, 0.15) is 11.0 Å². The number of nitrogens with one attached hydrogen (secondary N) is 1. The SMILES string of the molecule is CC(=O)NCC1CCN(c2cc(C(=O)O)cc(Cl)n2)CC1. The molecule has 0 atom stereocenters. The zero-order valence-corrected chi connectivity index (χ0v) is 12.6. The van der Waals surface area contributed by atoms with Crippen molar-refractivity contribution in [2.24, 2.45) is 5.92 Å². The minimum absolute atomic E-state index is 0.0139. The number of pyridine rings is 1. The van der Waals surface area contributed by atoms with E-state index in [1.165, 1.54) is 13.0 Å². The van der Waals surface area contributed by atoms with E-state index in [0.29, 0.717) is 18.3 Å². The molecule has 114 valence electrons. The fraction of sp³-hybridized carbons (Fsp3) is 0.500. The highest BCUT2D eigenvalue weighted by Crippen LogP contribution is 2.24. The van der Waals surface area contributed by atoms with Gasteiger partial charge in [-0.25, -0.2) is 9.78 Å². The lowest BCUT2D eigenvalue weighted by Crippen LogP contribution is -2.38. The maximum Gasteiger partial charge on any atom is 0.335 e. The van der Waals surface area contributed by atoms with Crippen LogP contribution in [-0.4, -0.2) is 41.6 Å². The van der Waals surface area contributed by atoms with E-state index in [0.717, 1.165) is 25.9 Å². The Bertz CT molecular complexity index is 542. The number of aromatic nitrogens is 1. The number of carboxylic acids is 1. The van der Waals surface area contributed by atoms with Gasteiger partial charge in [0, 0.05) is 26.6 Å². The highest BCUT2D eigenvalue weighted by atomic mass is 35.5. The standard InChI is InChI=1S/C14H18ClN3O3/c1-9(19)16-8-10-2-4-18(5-3-10)13-7-11(14(20)21)6-12(15)17-13/h6-7,10H,2-5,8H2,1H3,(H,16,19)(H,20,21). The zero-order chi connectivity index (χ0) is 15.4. The van der Waals surface area contributed by atoms with Gasteiger partial charge in [-0.3, -0.25) is 4.79 Å². The van der Waals surface area contributed by atoms with E-state index in [1.807, 2.05) is 4.90 Å². The topological polar surface area (TPSA) is 82.5 Å². The summed E-state index contributed by atoms with van der Waals surface area (Å²) in [4.78, 5) is 28.2. The van der Waals surface area contributed by atoms with Crippen LogP contribution in [0.4, 0.5) is 5.82 Å². The summed E-state index contributed by atoms with van der Waals surface area (Å²) in [5, 5.41) is 12.1. The summed E-state index contributed by atoms with van der Waals surface area (Å²) in [7, 11) is 0. The number of aromatic carboxylic acids is 1. The summed E-state index contributed by atoms with van der Waals surface area (Å²) in [6, 6.07) is 2.89. The second-order valence-corrected chi connectivity index (χ2v) is 5.60. The quantitative estimate of drug-likeness (QED) is 0.828. The molecule has 0 aromatic carbocycles. The monoisotopic (exact) mass is 311 g/mol. The molecule has 0 spiro atoms. The number of rotatable bonds is 4. The number of halogens is 1. The predicted molar refractivity (Wildman–Crippen MR) is 79.8 cm³/mol. The maximum atomic E-state index is 11.0. The number of carbonyl (C=O) groups excluding carboxylic acids is 1. The Labute approximate surface area is 128 Å². The molecule has 0 unspecified atom stereocenters. The third kappa shape index (κ3) is 4.32. The molecule has 7 heteroatoms. The highest BCUT2D eigenvalue weighted by molar-refractivity contribution is 6.29. The van der Waals surface area contributed by atoms with Crippen LogP contribution in [0.1, 0.15) is 30.1 Å². The van der Waals surface area contributed by atoms with Gasteiger partial charge < -0.3 is 15.3 Å². The summed E-state index contributed by atoms with van der Waals surface area (Å²) in [6.07, 6.45) is 1.85. The number of piperidine rings is 1. The van der Waals surface area contributed by atoms with Gasteiger partial charge in [-0.05, 0) is 30.9 Å². The second kappa shape index (κ2) is 6.76. The van der Waals surface area contributed by atoms with Gasteiger partial charge in [-0.1, -0.05) is 11.6 Å². The van der Waals surface area contributed by atoms with Crippen LogP contribution in [0, 0.1) is 5.92 Å². The number of nitrogens with zero attached hydrogens (tertiary/aromatic N) is 2. The average molecular weight is 312 g/mol. The van der Waals surface area contributed by atoms with Crippen molar-refractivity contribution < 1.29 is 14.7 Å². The Morgan fingerprint density at radius 2 is 2.10 bits per heavy atom. The molecule has 1 saturated heterocycles. The van der Waals surface area contributed by atoms with E-state index in [2.05, 4.69) is 10.3 Å².